The molecule has 0 aliphatic heterocycles. The lowest BCUT2D eigenvalue weighted by Gasteiger charge is -2.08. The zero-order chi connectivity index (χ0) is 15.2. The van der Waals surface area contributed by atoms with Crippen molar-refractivity contribution in [1.29, 1.82) is 0 Å². The van der Waals surface area contributed by atoms with E-state index in [2.05, 4.69) is 10.3 Å². The number of nitrogens with zero attached hydrogens (tertiary/aromatic N) is 3. The van der Waals surface area contributed by atoms with Crippen molar-refractivity contribution in [1.82, 2.24) is 15.0 Å². The van der Waals surface area contributed by atoms with Gasteiger partial charge in [0.15, 0.2) is 5.69 Å². The van der Waals surface area contributed by atoms with Crippen LogP contribution in [-0.2, 0) is 11.3 Å². The Hall–Kier alpha value is -2.41. The molecule has 0 aliphatic carbocycles. The van der Waals surface area contributed by atoms with Crippen LogP contribution < -0.4 is 4.74 Å². The number of aromatic nitrogens is 3. The average Bonchev–Trinajstić information content (AvgIpc) is 2.92. The maximum absolute atomic E-state index is 11.3. The minimum atomic E-state index is -1.11. The Morgan fingerprint density at radius 2 is 2.19 bits per heavy atom. The number of hydrogen-bond acceptors (Lipinski definition) is 5. The van der Waals surface area contributed by atoms with E-state index in [1.54, 1.807) is 43.2 Å². The van der Waals surface area contributed by atoms with Crippen LogP contribution >= 0.6 is 0 Å². The largest absolute Gasteiger partial charge is 0.497 e. The molecule has 2 rings (SSSR count). The number of ether oxygens (including phenoxy) is 2. The molecule has 0 bridgehead atoms. The van der Waals surface area contributed by atoms with Crippen molar-refractivity contribution in [3.8, 4) is 17.0 Å². The van der Waals surface area contributed by atoms with Crippen molar-refractivity contribution in [2.24, 2.45) is 0 Å². The van der Waals surface area contributed by atoms with Gasteiger partial charge in [-0.25, -0.2) is 9.48 Å². The van der Waals surface area contributed by atoms with Gasteiger partial charge in [-0.3, -0.25) is 0 Å². The lowest BCUT2D eigenvalue weighted by Crippen LogP contribution is -2.07. The van der Waals surface area contributed by atoms with Crippen LogP contribution in [0.4, 0.5) is 0 Å². The van der Waals surface area contributed by atoms with E-state index in [9.17, 15) is 9.90 Å². The van der Waals surface area contributed by atoms with E-state index in [0.717, 1.165) is 6.42 Å². The summed E-state index contributed by atoms with van der Waals surface area (Å²) in [4.78, 5) is 11.3. The van der Waals surface area contributed by atoms with E-state index in [1.165, 1.54) is 0 Å². The topological polar surface area (TPSA) is 86.5 Å². The second-order valence-electron chi connectivity index (χ2n) is 4.39. The third-order valence-electron chi connectivity index (χ3n) is 3.00. The van der Waals surface area contributed by atoms with Crippen molar-refractivity contribution in [2.75, 3.05) is 20.8 Å². The molecule has 0 saturated heterocycles. The third kappa shape index (κ3) is 3.38. The monoisotopic (exact) mass is 291 g/mol. The van der Waals surface area contributed by atoms with E-state index < -0.39 is 5.97 Å². The van der Waals surface area contributed by atoms with Gasteiger partial charge in [0.05, 0.1) is 7.11 Å². The molecular weight excluding hydrogens is 274 g/mol. The summed E-state index contributed by atoms with van der Waals surface area (Å²) >= 11 is 0. The van der Waals surface area contributed by atoms with Crippen LogP contribution in [0, 0.1) is 0 Å². The number of carboxylic acids is 1. The molecule has 1 heterocycles. The van der Waals surface area contributed by atoms with Crippen LogP contribution in [0.5, 0.6) is 5.75 Å². The Labute approximate surface area is 122 Å². The number of carbonyl (C=O) groups is 1. The number of benzene rings is 1. The van der Waals surface area contributed by atoms with Gasteiger partial charge in [0, 0.05) is 25.8 Å². The summed E-state index contributed by atoms with van der Waals surface area (Å²) in [5, 5.41) is 17.0. The summed E-state index contributed by atoms with van der Waals surface area (Å²) in [7, 11) is 3.18. The Balaban J connectivity index is 2.42. The number of aryl methyl sites for hydroxylation is 1. The summed E-state index contributed by atoms with van der Waals surface area (Å²) in [5.74, 6) is -0.459. The fourth-order valence-corrected chi connectivity index (χ4v) is 2.03. The van der Waals surface area contributed by atoms with Crippen molar-refractivity contribution >= 4 is 5.97 Å². The lowest BCUT2D eigenvalue weighted by atomic mass is 10.1. The standard InChI is InChI=1S/C14H17N3O4/c1-20-8-4-7-17-13(12(14(18)19)15-16-17)10-5-3-6-11(9-10)21-2/h3,5-6,9H,4,7-8H2,1-2H3,(H,18,19). The molecule has 1 aromatic heterocycles. The highest BCUT2D eigenvalue weighted by atomic mass is 16.5. The van der Waals surface area contributed by atoms with Crippen LogP contribution in [0.3, 0.4) is 0 Å². The van der Waals surface area contributed by atoms with E-state index in [4.69, 9.17) is 9.47 Å². The lowest BCUT2D eigenvalue weighted by molar-refractivity contribution is 0.0691. The second kappa shape index (κ2) is 6.85. The van der Waals surface area contributed by atoms with Gasteiger partial charge in [-0.15, -0.1) is 5.10 Å². The molecule has 2 aromatic rings. The predicted octanol–water partition coefficient (Wildman–Crippen LogP) is 1.69. The van der Waals surface area contributed by atoms with Crippen LogP contribution in [0.1, 0.15) is 16.9 Å². The van der Waals surface area contributed by atoms with Crippen LogP contribution in [0.2, 0.25) is 0 Å². The Morgan fingerprint density at radius 3 is 2.86 bits per heavy atom. The van der Waals surface area contributed by atoms with Gasteiger partial charge in [0.2, 0.25) is 0 Å². The minimum Gasteiger partial charge on any atom is -0.497 e. The number of carboxylic acid groups (broad SMARTS) is 1. The minimum absolute atomic E-state index is 0.0688. The summed E-state index contributed by atoms with van der Waals surface area (Å²) in [6.45, 7) is 1.10. The predicted molar refractivity (Wildman–Crippen MR) is 75.5 cm³/mol. The molecule has 0 unspecified atom stereocenters. The maximum atomic E-state index is 11.3. The number of rotatable bonds is 7. The van der Waals surface area contributed by atoms with Gasteiger partial charge < -0.3 is 14.6 Å². The molecule has 0 aliphatic rings. The highest BCUT2D eigenvalue weighted by molar-refractivity contribution is 5.92. The zero-order valence-corrected chi connectivity index (χ0v) is 11.9. The van der Waals surface area contributed by atoms with E-state index in [1.807, 2.05) is 0 Å². The first-order valence-corrected chi connectivity index (χ1v) is 6.47. The first-order valence-electron chi connectivity index (χ1n) is 6.47. The molecule has 1 aromatic carbocycles. The summed E-state index contributed by atoms with van der Waals surface area (Å²) in [6.07, 6.45) is 0.718. The summed E-state index contributed by atoms with van der Waals surface area (Å²) in [6, 6.07) is 7.16. The van der Waals surface area contributed by atoms with Crippen LogP contribution in [-0.4, -0.2) is 46.9 Å². The zero-order valence-electron chi connectivity index (χ0n) is 11.9. The second-order valence-corrected chi connectivity index (χ2v) is 4.39. The van der Waals surface area contributed by atoms with Gasteiger partial charge in [0.1, 0.15) is 11.4 Å². The smallest absolute Gasteiger partial charge is 0.358 e. The molecule has 112 valence electrons. The molecule has 1 N–H and O–H groups in total. The molecule has 0 fully saturated rings. The third-order valence-corrected chi connectivity index (χ3v) is 3.00. The van der Waals surface area contributed by atoms with Gasteiger partial charge in [0.25, 0.3) is 0 Å². The van der Waals surface area contributed by atoms with Crippen molar-refractivity contribution in [3.05, 3.63) is 30.0 Å². The quantitative estimate of drug-likeness (QED) is 0.781. The van der Waals surface area contributed by atoms with Crippen molar-refractivity contribution in [2.45, 2.75) is 13.0 Å². The number of hydrogen-bond donors (Lipinski definition) is 1. The molecule has 0 amide bonds. The van der Waals surface area contributed by atoms with Gasteiger partial charge in [-0.2, -0.15) is 0 Å². The maximum Gasteiger partial charge on any atom is 0.358 e. The Bertz CT molecular complexity index is 624. The summed E-state index contributed by atoms with van der Waals surface area (Å²) in [5.41, 5.74) is 1.10. The van der Waals surface area contributed by atoms with Crippen molar-refractivity contribution in [3.63, 3.8) is 0 Å². The van der Waals surface area contributed by atoms with E-state index in [0.29, 0.717) is 30.2 Å². The van der Waals surface area contributed by atoms with Crippen LogP contribution in [0.25, 0.3) is 11.3 Å². The van der Waals surface area contributed by atoms with Crippen LogP contribution in [0.15, 0.2) is 24.3 Å². The van der Waals surface area contributed by atoms with Gasteiger partial charge >= 0.3 is 5.97 Å². The molecule has 0 spiro atoms. The fraction of sp³-hybridized carbons (Fsp3) is 0.357. The van der Waals surface area contributed by atoms with E-state index in [-0.39, 0.29) is 5.69 Å². The first kappa shape index (κ1) is 15.0. The number of aromatic carboxylic acids is 1. The molecule has 7 nitrogen and oxygen atoms in total. The highest BCUT2D eigenvalue weighted by Crippen LogP contribution is 2.26. The average molecular weight is 291 g/mol. The molecular formula is C14H17N3O4. The molecule has 0 saturated carbocycles. The Morgan fingerprint density at radius 1 is 1.38 bits per heavy atom. The van der Waals surface area contributed by atoms with Gasteiger partial charge in [-0.1, -0.05) is 17.3 Å². The van der Waals surface area contributed by atoms with Crippen molar-refractivity contribution < 1.29 is 19.4 Å². The Kier molecular flexibility index (Phi) is 4.89. The fourth-order valence-electron chi connectivity index (χ4n) is 2.03. The molecule has 0 radical (unpaired) electrons. The molecule has 21 heavy (non-hydrogen) atoms. The highest BCUT2D eigenvalue weighted by Gasteiger charge is 2.20. The normalized spacial score (nSPS) is 10.6. The molecule has 0 atom stereocenters. The SMILES string of the molecule is COCCCn1nnc(C(=O)O)c1-c1cccc(OC)c1. The van der Waals surface area contributed by atoms with Gasteiger partial charge in [-0.05, 0) is 18.6 Å². The number of methoxy groups -OCH3 is 2. The van der Waals surface area contributed by atoms with E-state index >= 15 is 0 Å². The first-order chi connectivity index (χ1) is 10.2. The summed E-state index contributed by atoms with van der Waals surface area (Å²) < 4.78 is 11.8. The molecule has 7 heteroatoms.